The van der Waals surface area contributed by atoms with Crippen molar-refractivity contribution >= 4 is 23.7 Å². The van der Waals surface area contributed by atoms with Crippen LogP contribution in [0.1, 0.15) is 42.3 Å². The minimum atomic E-state index is -0.498. The standard InChI is InChI=1S/C18H19ClN2O2/c1-18(2,3)13-6-4-12(5-7-13)11-20-21-17(23)15-9-8-14(19)10-16(15)22/h4-11,22H,1-3H3,(H,21,23)/b20-11-. The topological polar surface area (TPSA) is 61.7 Å². The quantitative estimate of drug-likeness (QED) is 0.657. The molecule has 0 aliphatic carbocycles. The summed E-state index contributed by atoms with van der Waals surface area (Å²) >= 11 is 5.73. The summed E-state index contributed by atoms with van der Waals surface area (Å²) in [6.45, 7) is 6.44. The van der Waals surface area contributed by atoms with Gasteiger partial charge < -0.3 is 5.11 Å². The molecular formula is C18H19ClN2O2. The average Bonchev–Trinajstić information content (AvgIpc) is 2.46. The van der Waals surface area contributed by atoms with E-state index in [1.807, 2.05) is 24.3 Å². The molecule has 2 aromatic carbocycles. The number of amides is 1. The Kier molecular flexibility index (Phi) is 5.06. The Morgan fingerprint density at radius 1 is 1.17 bits per heavy atom. The second kappa shape index (κ2) is 6.84. The molecule has 0 heterocycles. The van der Waals surface area contributed by atoms with E-state index in [1.165, 1.54) is 23.8 Å². The summed E-state index contributed by atoms with van der Waals surface area (Å²) in [5.74, 6) is -0.679. The first kappa shape index (κ1) is 17.0. The van der Waals surface area contributed by atoms with Gasteiger partial charge in [-0.2, -0.15) is 5.10 Å². The van der Waals surface area contributed by atoms with Gasteiger partial charge in [-0.15, -0.1) is 0 Å². The zero-order valence-electron chi connectivity index (χ0n) is 13.3. The normalized spacial score (nSPS) is 11.7. The summed E-state index contributed by atoms with van der Waals surface area (Å²) in [4.78, 5) is 11.9. The van der Waals surface area contributed by atoms with Gasteiger partial charge in [-0.05, 0) is 34.7 Å². The number of carbonyl (C=O) groups is 1. The third-order valence-electron chi connectivity index (χ3n) is 3.36. The van der Waals surface area contributed by atoms with Crippen LogP contribution in [0, 0.1) is 0 Å². The highest BCUT2D eigenvalue weighted by molar-refractivity contribution is 6.30. The van der Waals surface area contributed by atoms with E-state index in [2.05, 4.69) is 31.3 Å². The molecule has 0 unspecified atom stereocenters. The number of benzene rings is 2. The van der Waals surface area contributed by atoms with E-state index in [0.717, 1.165) is 5.56 Å². The number of hydrogen-bond donors (Lipinski definition) is 2. The molecule has 5 heteroatoms. The first-order valence-corrected chi connectivity index (χ1v) is 7.57. The number of phenols is 1. The maximum absolute atomic E-state index is 11.9. The largest absolute Gasteiger partial charge is 0.507 e. The number of halogens is 1. The van der Waals surface area contributed by atoms with Crippen LogP contribution in [0.4, 0.5) is 0 Å². The van der Waals surface area contributed by atoms with Crippen LogP contribution in [-0.4, -0.2) is 17.2 Å². The van der Waals surface area contributed by atoms with Gasteiger partial charge in [0.25, 0.3) is 5.91 Å². The first-order chi connectivity index (χ1) is 10.8. The highest BCUT2D eigenvalue weighted by Gasteiger charge is 2.12. The molecule has 0 fully saturated rings. The summed E-state index contributed by atoms with van der Waals surface area (Å²) in [6, 6.07) is 12.2. The minimum absolute atomic E-state index is 0.0933. The molecule has 23 heavy (non-hydrogen) atoms. The molecule has 0 aliphatic rings. The van der Waals surface area contributed by atoms with Crippen molar-refractivity contribution in [1.82, 2.24) is 5.43 Å². The second-order valence-electron chi connectivity index (χ2n) is 6.23. The van der Waals surface area contributed by atoms with Crippen LogP contribution < -0.4 is 5.43 Å². The number of aromatic hydroxyl groups is 1. The van der Waals surface area contributed by atoms with Crippen molar-refractivity contribution in [2.75, 3.05) is 0 Å². The lowest BCUT2D eigenvalue weighted by atomic mass is 9.87. The van der Waals surface area contributed by atoms with Gasteiger partial charge in [0.2, 0.25) is 0 Å². The monoisotopic (exact) mass is 330 g/mol. The van der Waals surface area contributed by atoms with Gasteiger partial charge in [-0.1, -0.05) is 56.6 Å². The van der Waals surface area contributed by atoms with Crippen LogP contribution >= 0.6 is 11.6 Å². The number of rotatable bonds is 3. The molecule has 2 aromatic rings. The number of nitrogens with one attached hydrogen (secondary N) is 1. The Balaban J connectivity index is 2.02. The van der Waals surface area contributed by atoms with Crippen molar-refractivity contribution < 1.29 is 9.90 Å². The van der Waals surface area contributed by atoms with Gasteiger partial charge in [0.1, 0.15) is 5.75 Å². The van der Waals surface area contributed by atoms with E-state index in [0.29, 0.717) is 5.02 Å². The Morgan fingerprint density at radius 3 is 2.39 bits per heavy atom. The Bertz CT molecular complexity index is 732. The predicted octanol–water partition coefficient (Wildman–Crippen LogP) is 4.11. The van der Waals surface area contributed by atoms with Gasteiger partial charge in [-0.25, -0.2) is 5.43 Å². The molecule has 0 bridgehead atoms. The summed E-state index contributed by atoms with van der Waals surface area (Å²) in [5, 5.41) is 14.0. The molecule has 2 N–H and O–H groups in total. The molecule has 0 atom stereocenters. The number of carbonyl (C=O) groups excluding carboxylic acids is 1. The predicted molar refractivity (Wildman–Crippen MR) is 93.3 cm³/mol. The Hall–Kier alpha value is -2.33. The van der Waals surface area contributed by atoms with E-state index < -0.39 is 5.91 Å². The fourth-order valence-electron chi connectivity index (χ4n) is 1.99. The zero-order valence-corrected chi connectivity index (χ0v) is 14.1. The molecule has 0 aliphatic heterocycles. The minimum Gasteiger partial charge on any atom is -0.507 e. The van der Waals surface area contributed by atoms with Crippen molar-refractivity contribution in [1.29, 1.82) is 0 Å². The molecule has 0 spiro atoms. The van der Waals surface area contributed by atoms with Crippen molar-refractivity contribution in [3.05, 3.63) is 64.2 Å². The van der Waals surface area contributed by atoms with E-state index in [1.54, 1.807) is 6.21 Å². The van der Waals surface area contributed by atoms with Crippen LogP contribution in [0.25, 0.3) is 0 Å². The van der Waals surface area contributed by atoms with Crippen molar-refractivity contribution in [2.45, 2.75) is 26.2 Å². The maximum atomic E-state index is 11.9. The van der Waals surface area contributed by atoms with Crippen LogP contribution in [0.15, 0.2) is 47.6 Å². The second-order valence-corrected chi connectivity index (χ2v) is 6.67. The van der Waals surface area contributed by atoms with E-state index >= 15 is 0 Å². The SMILES string of the molecule is CC(C)(C)c1ccc(/C=N\NC(=O)c2ccc(Cl)cc2O)cc1. The summed E-state index contributed by atoms with van der Waals surface area (Å²) in [6.07, 6.45) is 1.55. The van der Waals surface area contributed by atoms with E-state index in [4.69, 9.17) is 11.6 Å². The van der Waals surface area contributed by atoms with Gasteiger partial charge in [0.05, 0.1) is 11.8 Å². The molecule has 1 amide bonds. The number of nitrogens with zero attached hydrogens (tertiary/aromatic N) is 1. The molecule has 0 radical (unpaired) electrons. The number of phenolic OH excluding ortho intramolecular Hbond substituents is 1. The number of hydrogen-bond acceptors (Lipinski definition) is 3. The molecule has 2 rings (SSSR count). The van der Waals surface area contributed by atoms with E-state index in [-0.39, 0.29) is 16.7 Å². The molecule has 0 saturated heterocycles. The highest BCUT2D eigenvalue weighted by atomic mass is 35.5. The number of hydrazone groups is 1. The molecule has 120 valence electrons. The molecular weight excluding hydrogens is 312 g/mol. The van der Waals surface area contributed by atoms with Crippen LogP contribution in [0.3, 0.4) is 0 Å². The lowest BCUT2D eigenvalue weighted by Gasteiger charge is -2.18. The van der Waals surface area contributed by atoms with E-state index in [9.17, 15) is 9.90 Å². The Labute approximate surface area is 140 Å². The van der Waals surface area contributed by atoms with Crippen LogP contribution in [0.2, 0.25) is 5.02 Å². The summed E-state index contributed by atoms with van der Waals surface area (Å²) in [5.41, 5.74) is 4.69. The van der Waals surface area contributed by atoms with Crippen molar-refractivity contribution in [3.8, 4) is 5.75 Å². The van der Waals surface area contributed by atoms with Gasteiger partial charge >= 0.3 is 0 Å². The fraction of sp³-hybridized carbons (Fsp3) is 0.222. The first-order valence-electron chi connectivity index (χ1n) is 7.20. The van der Waals surface area contributed by atoms with Crippen LogP contribution in [0.5, 0.6) is 5.75 Å². The third-order valence-corrected chi connectivity index (χ3v) is 3.60. The molecule has 4 nitrogen and oxygen atoms in total. The lowest BCUT2D eigenvalue weighted by Crippen LogP contribution is -2.17. The van der Waals surface area contributed by atoms with Gasteiger partial charge in [-0.3, -0.25) is 4.79 Å². The van der Waals surface area contributed by atoms with Crippen LogP contribution in [-0.2, 0) is 5.41 Å². The zero-order chi connectivity index (χ0) is 17.0. The Morgan fingerprint density at radius 2 is 1.83 bits per heavy atom. The van der Waals surface area contributed by atoms with Crippen molar-refractivity contribution in [2.24, 2.45) is 5.10 Å². The average molecular weight is 331 g/mol. The molecule has 0 saturated carbocycles. The fourth-order valence-corrected chi connectivity index (χ4v) is 2.16. The maximum Gasteiger partial charge on any atom is 0.275 e. The smallest absolute Gasteiger partial charge is 0.275 e. The summed E-state index contributed by atoms with van der Waals surface area (Å²) in [7, 11) is 0. The van der Waals surface area contributed by atoms with Crippen molar-refractivity contribution in [3.63, 3.8) is 0 Å². The van der Waals surface area contributed by atoms with Gasteiger partial charge in [0.15, 0.2) is 0 Å². The summed E-state index contributed by atoms with van der Waals surface area (Å²) < 4.78 is 0. The highest BCUT2D eigenvalue weighted by Crippen LogP contribution is 2.22. The molecule has 0 aromatic heterocycles. The lowest BCUT2D eigenvalue weighted by molar-refractivity contribution is 0.0952. The van der Waals surface area contributed by atoms with Gasteiger partial charge in [0, 0.05) is 5.02 Å². The third kappa shape index (κ3) is 4.57.